The Morgan fingerprint density at radius 1 is 1.19 bits per heavy atom. The first kappa shape index (κ1) is 24.6. The monoisotopic (exact) mass is 501 g/mol. The van der Waals surface area contributed by atoms with Gasteiger partial charge in [0.25, 0.3) is 0 Å². The van der Waals surface area contributed by atoms with Crippen molar-refractivity contribution >= 4 is 28.5 Å². The van der Waals surface area contributed by atoms with Crippen LogP contribution >= 0.6 is 0 Å². The lowest BCUT2D eigenvalue weighted by Gasteiger charge is -2.37. The Bertz CT molecular complexity index is 1510. The van der Waals surface area contributed by atoms with E-state index in [-0.39, 0.29) is 22.4 Å². The number of carbonyl (C=O) groups is 1. The second-order valence-electron chi connectivity index (χ2n) is 10.6. The Kier molecular flexibility index (Phi) is 6.27. The molecule has 1 unspecified atom stereocenters. The van der Waals surface area contributed by atoms with E-state index >= 15 is 0 Å². The van der Waals surface area contributed by atoms with Crippen molar-refractivity contribution in [3.05, 3.63) is 75.8 Å². The number of para-hydroxylation sites is 1. The molecule has 0 bridgehead atoms. The highest BCUT2D eigenvalue weighted by molar-refractivity contribution is 5.94. The number of rotatable bonds is 6. The molecule has 2 aromatic heterocycles. The highest BCUT2D eigenvalue weighted by atomic mass is 16.5. The number of hydrogen-bond donors (Lipinski definition) is 2. The van der Waals surface area contributed by atoms with E-state index in [0.717, 1.165) is 37.1 Å². The van der Waals surface area contributed by atoms with Crippen LogP contribution in [-0.4, -0.2) is 29.3 Å². The van der Waals surface area contributed by atoms with Gasteiger partial charge in [0.1, 0.15) is 11.8 Å². The Labute approximate surface area is 214 Å². The number of aromatic carboxylic acids is 1. The third kappa shape index (κ3) is 4.71. The molecule has 4 aromatic rings. The van der Waals surface area contributed by atoms with Crippen molar-refractivity contribution in [2.45, 2.75) is 46.6 Å². The minimum absolute atomic E-state index is 0.146. The molecular weight excluding hydrogens is 470 g/mol. The highest BCUT2D eigenvalue weighted by Crippen LogP contribution is 2.39. The van der Waals surface area contributed by atoms with Crippen LogP contribution in [0.4, 0.5) is 11.6 Å². The number of hydrogen-bond acceptors (Lipinski definition) is 7. The van der Waals surface area contributed by atoms with E-state index in [1.165, 1.54) is 6.26 Å². The van der Waals surface area contributed by atoms with E-state index < -0.39 is 5.97 Å². The zero-order valence-corrected chi connectivity index (χ0v) is 21.5. The van der Waals surface area contributed by atoms with Crippen LogP contribution in [0.3, 0.4) is 0 Å². The molecule has 1 aliphatic heterocycles. The maximum atomic E-state index is 14.0. The van der Waals surface area contributed by atoms with Gasteiger partial charge in [-0.1, -0.05) is 37.2 Å². The summed E-state index contributed by atoms with van der Waals surface area (Å²) in [6, 6.07) is 10.3. The second kappa shape index (κ2) is 9.42. The van der Waals surface area contributed by atoms with Gasteiger partial charge in [0, 0.05) is 24.3 Å². The van der Waals surface area contributed by atoms with Crippen LogP contribution in [0.1, 0.15) is 61.1 Å². The fourth-order valence-electron chi connectivity index (χ4n) is 5.01. The molecule has 0 saturated carbocycles. The Morgan fingerprint density at radius 2 is 1.92 bits per heavy atom. The van der Waals surface area contributed by atoms with Gasteiger partial charge in [-0.05, 0) is 55.9 Å². The van der Waals surface area contributed by atoms with Crippen molar-refractivity contribution in [2.24, 2.45) is 5.41 Å². The number of aryl methyl sites for hydroxylation is 1. The van der Waals surface area contributed by atoms with E-state index in [2.05, 4.69) is 29.2 Å². The Morgan fingerprint density at radius 3 is 2.59 bits per heavy atom. The quantitative estimate of drug-likeness (QED) is 0.319. The zero-order chi connectivity index (χ0) is 26.3. The van der Waals surface area contributed by atoms with Crippen LogP contribution < -0.4 is 15.6 Å². The standard InChI is InChI=1S/C29H31N3O5/c1-17-13-21(18(2)31-23-8-6-5-7-20(23)28(34)35)26-22(14-17)25(33)24(19-15-30-36-16-19)27(37-26)32-11-9-29(3,4)10-12-32/h5-8,13-16,18,31H,9-12H2,1-4H3,(H,34,35). The molecule has 0 aliphatic carbocycles. The van der Waals surface area contributed by atoms with Gasteiger partial charge in [0.2, 0.25) is 11.3 Å². The highest BCUT2D eigenvalue weighted by Gasteiger charge is 2.30. The molecule has 3 heterocycles. The minimum atomic E-state index is -1.01. The topological polar surface area (TPSA) is 109 Å². The molecule has 1 saturated heterocycles. The molecule has 8 nitrogen and oxygen atoms in total. The van der Waals surface area contributed by atoms with Gasteiger partial charge in [-0.2, -0.15) is 0 Å². The largest absolute Gasteiger partial charge is 0.478 e. The summed E-state index contributed by atoms with van der Waals surface area (Å²) < 4.78 is 11.7. The predicted molar refractivity (Wildman–Crippen MR) is 143 cm³/mol. The van der Waals surface area contributed by atoms with Crippen molar-refractivity contribution in [1.29, 1.82) is 0 Å². The lowest BCUT2D eigenvalue weighted by molar-refractivity contribution is 0.0698. The van der Waals surface area contributed by atoms with Gasteiger partial charge in [0.05, 0.1) is 34.3 Å². The van der Waals surface area contributed by atoms with Crippen molar-refractivity contribution in [2.75, 3.05) is 23.3 Å². The van der Waals surface area contributed by atoms with Gasteiger partial charge in [-0.15, -0.1) is 0 Å². The van der Waals surface area contributed by atoms with Gasteiger partial charge < -0.3 is 24.3 Å². The molecule has 0 spiro atoms. The Hall–Kier alpha value is -4.07. The van der Waals surface area contributed by atoms with E-state index in [0.29, 0.717) is 33.7 Å². The zero-order valence-electron chi connectivity index (χ0n) is 21.5. The summed E-state index contributed by atoms with van der Waals surface area (Å²) >= 11 is 0. The molecular formula is C29H31N3O5. The van der Waals surface area contributed by atoms with Gasteiger partial charge in [0.15, 0.2) is 0 Å². The van der Waals surface area contributed by atoms with Crippen LogP contribution in [0.5, 0.6) is 0 Å². The van der Waals surface area contributed by atoms with Crippen molar-refractivity contribution in [3.63, 3.8) is 0 Å². The van der Waals surface area contributed by atoms with Crippen molar-refractivity contribution in [3.8, 4) is 11.1 Å². The molecule has 8 heteroatoms. The molecule has 2 N–H and O–H groups in total. The van der Waals surface area contributed by atoms with E-state index in [1.807, 2.05) is 26.0 Å². The average Bonchev–Trinajstić information content (AvgIpc) is 3.38. The summed E-state index contributed by atoms with van der Waals surface area (Å²) in [6.45, 7) is 9.90. The van der Waals surface area contributed by atoms with E-state index in [4.69, 9.17) is 8.94 Å². The summed E-state index contributed by atoms with van der Waals surface area (Å²) in [5, 5.41) is 17.2. The number of benzene rings is 2. The van der Waals surface area contributed by atoms with E-state index in [9.17, 15) is 14.7 Å². The summed E-state index contributed by atoms with van der Waals surface area (Å²) in [7, 11) is 0. The summed E-state index contributed by atoms with van der Waals surface area (Å²) in [4.78, 5) is 27.9. The smallest absolute Gasteiger partial charge is 0.337 e. The second-order valence-corrected chi connectivity index (χ2v) is 10.6. The molecule has 0 amide bonds. The fraction of sp³-hybridized carbons (Fsp3) is 0.345. The van der Waals surface area contributed by atoms with E-state index in [1.54, 1.807) is 30.5 Å². The third-order valence-electron chi connectivity index (χ3n) is 7.27. The number of carboxylic acid groups (broad SMARTS) is 1. The van der Waals surface area contributed by atoms with Crippen molar-refractivity contribution < 1.29 is 18.8 Å². The lowest BCUT2D eigenvalue weighted by atomic mass is 9.82. The lowest BCUT2D eigenvalue weighted by Crippen LogP contribution is -2.38. The molecule has 2 aromatic carbocycles. The number of anilines is 2. The average molecular weight is 502 g/mol. The van der Waals surface area contributed by atoms with Crippen molar-refractivity contribution in [1.82, 2.24) is 5.16 Å². The number of aromatic nitrogens is 1. The number of piperidine rings is 1. The third-order valence-corrected chi connectivity index (χ3v) is 7.27. The van der Waals surface area contributed by atoms with Gasteiger partial charge in [-0.25, -0.2) is 4.79 Å². The molecule has 1 atom stereocenters. The predicted octanol–water partition coefficient (Wildman–Crippen LogP) is 6.25. The minimum Gasteiger partial charge on any atom is -0.478 e. The summed E-state index contributed by atoms with van der Waals surface area (Å²) in [6.07, 6.45) is 4.96. The Balaban J connectivity index is 1.67. The number of carboxylic acids is 1. The van der Waals surface area contributed by atoms with Crippen LogP contribution in [0, 0.1) is 12.3 Å². The maximum Gasteiger partial charge on any atom is 0.337 e. The fourth-order valence-corrected chi connectivity index (χ4v) is 5.01. The SMILES string of the molecule is Cc1cc(C(C)Nc2ccccc2C(=O)O)c2oc(N3CCC(C)(C)CC3)c(-c3cnoc3)c(=O)c2c1. The molecule has 192 valence electrons. The first-order valence-electron chi connectivity index (χ1n) is 12.5. The normalized spacial score (nSPS) is 16.1. The van der Waals surface area contributed by atoms with Crippen LogP contribution in [0.15, 0.2) is 62.6 Å². The molecule has 1 aliphatic rings. The summed E-state index contributed by atoms with van der Waals surface area (Å²) in [5.74, 6) is -0.496. The first-order valence-corrected chi connectivity index (χ1v) is 12.5. The maximum absolute atomic E-state index is 14.0. The molecule has 37 heavy (non-hydrogen) atoms. The molecule has 1 fully saturated rings. The number of nitrogens with one attached hydrogen (secondary N) is 1. The van der Waals surface area contributed by atoms with Crippen LogP contribution in [0.25, 0.3) is 22.1 Å². The van der Waals surface area contributed by atoms with Crippen LogP contribution in [-0.2, 0) is 0 Å². The summed E-state index contributed by atoms with van der Waals surface area (Å²) in [5.41, 5.74) is 3.96. The van der Waals surface area contributed by atoms with Crippen LogP contribution in [0.2, 0.25) is 0 Å². The number of nitrogens with zero attached hydrogens (tertiary/aromatic N) is 2. The molecule has 5 rings (SSSR count). The first-order chi connectivity index (χ1) is 17.6. The molecule has 0 radical (unpaired) electrons. The van der Waals surface area contributed by atoms with Gasteiger partial charge >= 0.3 is 5.97 Å². The number of fused-ring (bicyclic) bond motifs is 1. The van der Waals surface area contributed by atoms with Gasteiger partial charge in [-0.3, -0.25) is 4.79 Å².